The number of nitrogens with zero attached hydrogens (tertiary/aromatic N) is 1. The average Bonchev–Trinajstić information content (AvgIpc) is 2.50. The zero-order valence-electron chi connectivity index (χ0n) is 15.0. The summed E-state index contributed by atoms with van der Waals surface area (Å²) in [6, 6.07) is 0. The number of hydrogen-bond donors (Lipinski definition) is 0. The summed E-state index contributed by atoms with van der Waals surface area (Å²) in [5.74, 6) is 0. The van der Waals surface area contributed by atoms with Gasteiger partial charge in [-0.1, -0.05) is 51.8 Å². The summed E-state index contributed by atoms with van der Waals surface area (Å²) in [7, 11) is 5.69. The second-order valence-corrected chi connectivity index (χ2v) is 5.77. The van der Waals surface area contributed by atoms with Crippen LogP contribution >= 0.6 is 0 Å². The van der Waals surface area contributed by atoms with Crippen LogP contribution in [-0.2, 0) is 0 Å². The molecule has 0 atom stereocenters. The Morgan fingerprint density at radius 3 is 2.32 bits per heavy atom. The number of hydrogen-bond acceptors (Lipinski definition) is 1. The largest absolute Gasteiger partial charge is 0.346 e. The Bertz CT molecular complexity index is 379. The lowest BCUT2D eigenvalue weighted by Gasteiger charge is -2.29. The summed E-state index contributed by atoms with van der Waals surface area (Å²) in [6.07, 6.45) is 15.5. The van der Waals surface area contributed by atoms with Crippen molar-refractivity contribution in [1.82, 2.24) is 4.90 Å². The van der Waals surface area contributed by atoms with Crippen molar-refractivity contribution in [3.05, 3.63) is 48.3 Å². The normalized spacial score (nSPS) is 12.3. The van der Waals surface area contributed by atoms with Gasteiger partial charge in [0.1, 0.15) is 7.85 Å². The zero-order valence-corrected chi connectivity index (χ0v) is 15.0. The van der Waals surface area contributed by atoms with Crippen LogP contribution in [-0.4, -0.2) is 19.3 Å². The van der Waals surface area contributed by atoms with E-state index >= 15 is 0 Å². The van der Waals surface area contributed by atoms with Gasteiger partial charge < -0.3 is 4.90 Å². The molecule has 0 aromatic heterocycles. The first kappa shape index (κ1) is 20.8. The smallest absolute Gasteiger partial charge is 0.106 e. The summed E-state index contributed by atoms with van der Waals surface area (Å²) in [6.45, 7) is 15.5. The molecular formula is C20H34BN. The van der Waals surface area contributed by atoms with Crippen LogP contribution in [0.1, 0.15) is 72.1 Å². The van der Waals surface area contributed by atoms with Crippen molar-refractivity contribution in [1.29, 1.82) is 0 Å². The Kier molecular flexibility index (Phi) is 12.8. The van der Waals surface area contributed by atoms with Crippen molar-refractivity contribution in [2.45, 2.75) is 72.1 Å². The van der Waals surface area contributed by atoms with Crippen LogP contribution < -0.4 is 0 Å². The molecule has 0 saturated heterocycles. The summed E-state index contributed by atoms with van der Waals surface area (Å²) in [4.78, 5) is 2.44. The topological polar surface area (TPSA) is 3.24 Å². The molecule has 0 unspecified atom stereocenters. The van der Waals surface area contributed by atoms with Gasteiger partial charge in [-0.25, -0.2) is 0 Å². The van der Waals surface area contributed by atoms with E-state index in [0.29, 0.717) is 0 Å². The fourth-order valence-electron chi connectivity index (χ4n) is 2.49. The fourth-order valence-corrected chi connectivity index (χ4v) is 2.49. The molecule has 0 amide bonds. The van der Waals surface area contributed by atoms with E-state index in [1.807, 2.05) is 6.08 Å². The third kappa shape index (κ3) is 8.97. The molecular weight excluding hydrogens is 265 g/mol. The fraction of sp³-hybridized carbons (Fsp3) is 0.600. The van der Waals surface area contributed by atoms with E-state index in [9.17, 15) is 0 Å². The van der Waals surface area contributed by atoms with Gasteiger partial charge in [-0.2, -0.15) is 0 Å². The maximum Gasteiger partial charge on any atom is 0.106 e. The second-order valence-electron chi connectivity index (χ2n) is 5.77. The first-order valence-electron chi connectivity index (χ1n) is 8.79. The van der Waals surface area contributed by atoms with Crippen LogP contribution in [0.3, 0.4) is 0 Å². The molecule has 0 bridgehead atoms. The van der Waals surface area contributed by atoms with E-state index < -0.39 is 0 Å². The highest BCUT2D eigenvalue weighted by Gasteiger charge is 2.11. The summed E-state index contributed by atoms with van der Waals surface area (Å²) < 4.78 is 0. The van der Waals surface area contributed by atoms with Crippen LogP contribution in [0.25, 0.3) is 0 Å². The Labute approximate surface area is 140 Å². The van der Waals surface area contributed by atoms with Gasteiger partial charge in [0, 0.05) is 17.9 Å². The first-order chi connectivity index (χ1) is 10.6. The van der Waals surface area contributed by atoms with Crippen LogP contribution in [0.4, 0.5) is 0 Å². The van der Waals surface area contributed by atoms with Gasteiger partial charge in [0.05, 0.1) is 0 Å². The minimum absolute atomic E-state index is 0.776. The van der Waals surface area contributed by atoms with E-state index in [1.54, 1.807) is 0 Å². The van der Waals surface area contributed by atoms with Crippen molar-refractivity contribution < 1.29 is 0 Å². The predicted octanol–water partition coefficient (Wildman–Crippen LogP) is 6.10. The van der Waals surface area contributed by atoms with Crippen molar-refractivity contribution in [3.63, 3.8) is 0 Å². The summed E-state index contributed by atoms with van der Waals surface area (Å²) in [5.41, 5.74) is 3.40. The van der Waals surface area contributed by atoms with Gasteiger partial charge in [0.15, 0.2) is 0 Å². The minimum Gasteiger partial charge on any atom is -0.346 e. The van der Waals surface area contributed by atoms with E-state index in [2.05, 4.69) is 51.0 Å². The monoisotopic (exact) mass is 299 g/mol. The van der Waals surface area contributed by atoms with Crippen molar-refractivity contribution in [2.24, 2.45) is 0 Å². The molecule has 2 radical (unpaired) electrons. The van der Waals surface area contributed by atoms with Crippen LogP contribution in [0, 0.1) is 0 Å². The Morgan fingerprint density at radius 2 is 1.82 bits per heavy atom. The van der Waals surface area contributed by atoms with E-state index in [0.717, 1.165) is 44.1 Å². The molecule has 22 heavy (non-hydrogen) atoms. The number of unbranched alkanes of at least 4 members (excludes halogenated alkanes) is 3. The molecule has 0 saturated carbocycles. The molecule has 122 valence electrons. The lowest BCUT2D eigenvalue weighted by Crippen LogP contribution is -2.23. The van der Waals surface area contributed by atoms with E-state index in [-0.39, 0.29) is 0 Å². The third-order valence-electron chi connectivity index (χ3n) is 3.76. The highest BCUT2D eigenvalue weighted by molar-refractivity contribution is 6.21. The lowest BCUT2D eigenvalue weighted by atomic mass is 9.92. The number of allylic oxidation sites excluding steroid dienone is 5. The SMILES string of the molecule is [B]C(=C)CCCC(=CC)N(CCCCC)C(C=C)=CCCC. The standard InChI is InChI=1S/C20H34BN/c1-6-10-12-17-22(19(8-3)15-11-7-2)20(9-4)16-13-14-18(5)21/h8-9,15H,3,5-7,10-14,16-17H2,1-2,4H3. The lowest BCUT2D eigenvalue weighted by molar-refractivity contribution is 0.400. The minimum atomic E-state index is 0.776. The highest BCUT2D eigenvalue weighted by Crippen LogP contribution is 2.22. The molecule has 0 rings (SSSR count). The van der Waals surface area contributed by atoms with Gasteiger partial charge in [-0.15, -0.1) is 12.1 Å². The van der Waals surface area contributed by atoms with Crippen LogP contribution in [0.5, 0.6) is 0 Å². The molecule has 0 heterocycles. The van der Waals surface area contributed by atoms with Gasteiger partial charge in [-0.05, 0) is 45.1 Å². The van der Waals surface area contributed by atoms with Crippen molar-refractivity contribution in [3.8, 4) is 0 Å². The van der Waals surface area contributed by atoms with Gasteiger partial charge in [-0.3, -0.25) is 0 Å². The van der Waals surface area contributed by atoms with Gasteiger partial charge >= 0.3 is 0 Å². The Morgan fingerprint density at radius 1 is 1.09 bits per heavy atom. The molecule has 0 fully saturated rings. The van der Waals surface area contributed by atoms with Crippen molar-refractivity contribution >= 4 is 7.85 Å². The quantitative estimate of drug-likeness (QED) is 0.225. The van der Waals surface area contributed by atoms with E-state index in [1.165, 1.54) is 30.7 Å². The number of rotatable bonds is 13. The van der Waals surface area contributed by atoms with Gasteiger partial charge in [0.2, 0.25) is 0 Å². The maximum atomic E-state index is 5.69. The molecule has 1 nitrogen and oxygen atoms in total. The van der Waals surface area contributed by atoms with E-state index in [4.69, 9.17) is 7.85 Å². The molecule has 0 aliphatic rings. The molecule has 0 aliphatic heterocycles. The first-order valence-corrected chi connectivity index (χ1v) is 8.79. The zero-order chi connectivity index (χ0) is 16.8. The molecule has 0 aromatic carbocycles. The molecule has 2 heteroatoms. The van der Waals surface area contributed by atoms with Crippen LogP contribution in [0.2, 0.25) is 0 Å². The molecule has 0 aromatic rings. The summed E-state index contributed by atoms with van der Waals surface area (Å²) in [5, 5.41) is 0. The molecule has 0 spiro atoms. The molecule has 0 N–H and O–H groups in total. The maximum absolute atomic E-state index is 5.69. The van der Waals surface area contributed by atoms with Crippen LogP contribution in [0.15, 0.2) is 48.3 Å². The summed E-state index contributed by atoms with van der Waals surface area (Å²) >= 11 is 0. The Hall–Kier alpha value is -1.18. The second kappa shape index (κ2) is 13.5. The molecule has 0 aliphatic carbocycles. The Balaban J connectivity index is 4.98. The third-order valence-corrected chi connectivity index (χ3v) is 3.76. The highest BCUT2D eigenvalue weighted by atomic mass is 15.1. The predicted molar refractivity (Wildman–Crippen MR) is 102 cm³/mol. The average molecular weight is 299 g/mol. The van der Waals surface area contributed by atoms with Gasteiger partial charge in [0.25, 0.3) is 0 Å². The van der Waals surface area contributed by atoms with Crippen molar-refractivity contribution in [2.75, 3.05) is 6.54 Å².